The second-order valence-electron chi connectivity index (χ2n) is 9.98. The number of primary amides is 1. The van der Waals surface area contributed by atoms with Crippen LogP contribution in [0.4, 0.5) is 17.2 Å². The van der Waals surface area contributed by atoms with E-state index in [-0.39, 0.29) is 46.6 Å². The Morgan fingerprint density at radius 2 is 2.00 bits per heavy atom. The number of hydrogen-bond acceptors (Lipinski definition) is 10. The van der Waals surface area contributed by atoms with Crippen LogP contribution in [-0.2, 0) is 4.79 Å². The zero-order chi connectivity index (χ0) is 28.2. The van der Waals surface area contributed by atoms with Crippen molar-refractivity contribution in [1.82, 2.24) is 25.4 Å². The predicted molar refractivity (Wildman–Crippen MR) is 146 cm³/mol. The number of anilines is 3. The maximum atomic E-state index is 12.7. The molecule has 0 bridgehead atoms. The molecule has 13 nitrogen and oxygen atoms in total. The lowest BCUT2D eigenvalue weighted by molar-refractivity contribution is -0.117. The summed E-state index contributed by atoms with van der Waals surface area (Å²) in [5.74, 6) is -0.537. The molecule has 1 saturated carbocycles. The highest BCUT2D eigenvalue weighted by atomic mass is 16.5. The van der Waals surface area contributed by atoms with Crippen molar-refractivity contribution in [2.75, 3.05) is 37.9 Å². The SMILES string of the molecule is COc1c(Nc2cc(NC(=O)C3CC3)nnc2C(N)=O)cccc1-c1ncc(C(=O)NCCC2CCCN2C)o1. The molecule has 3 heterocycles. The number of hydrogen-bond donors (Lipinski definition) is 4. The van der Waals surface area contributed by atoms with Crippen LogP contribution in [0.3, 0.4) is 0 Å². The van der Waals surface area contributed by atoms with Gasteiger partial charge >= 0.3 is 0 Å². The molecule has 40 heavy (non-hydrogen) atoms. The maximum Gasteiger partial charge on any atom is 0.288 e. The van der Waals surface area contributed by atoms with E-state index < -0.39 is 5.91 Å². The number of carbonyl (C=O) groups is 3. The lowest BCUT2D eigenvalue weighted by atomic mass is 10.1. The van der Waals surface area contributed by atoms with E-state index in [9.17, 15) is 14.4 Å². The Morgan fingerprint density at radius 1 is 1.18 bits per heavy atom. The van der Waals surface area contributed by atoms with Gasteiger partial charge in [0.1, 0.15) is 0 Å². The van der Waals surface area contributed by atoms with E-state index >= 15 is 0 Å². The third kappa shape index (κ3) is 6.04. The average molecular weight is 549 g/mol. The second-order valence-corrected chi connectivity index (χ2v) is 9.98. The summed E-state index contributed by atoms with van der Waals surface area (Å²) in [6, 6.07) is 7.13. The number of oxazole rings is 1. The molecule has 1 unspecified atom stereocenters. The van der Waals surface area contributed by atoms with E-state index in [0.29, 0.717) is 29.6 Å². The molecule has 1 aliphatic heterocycles. The molecule has 0 spiro atoms. The summed E-state index contributed by atoms with van der Waals surface area (Å²) in [5.41, 5.74) is 6.54. The van der Waals surface area contributed by atoms with Gasteiger partial charge < -0.3 is 35.7 Å². The molecule has 13 heteroatoms. The van der Waals surface area contributed by atoms with Gasteiger partial charge in [0.15, 0.2) is 17.3 Å². The number of nitrogens with zero attached hydrogens (tertiary/aromatic N) is 4. The van der Waals surface area contributed by atoms with Crippen molar-refractivity contribution in [2.45, 2.75) is 38.1 Å². The Morgan fingerprint density at radius 3 is 2.70 bits per heavy atom. The molecule has 1 aliphatic carbocycles. The first-order valence-electron chi connectivity index (χ1n) is 13.2. The van der Waals surface area contributed by atoms with Crippen LogP contribution in [0.25, 0.3) is 11.5 Å². The Balaban J connectivity index is 1.33. The number of nitrogens with one attached hydrogen (secondary N) is 3. The molecular formula is C27H32N8O5. The van der Waals surface area contributed by atoms with E-state index in [1.807, 2.05) is 0 Å². The summed E-state index contributed by atoms with van der Waals surface area (Å²) in [7, 11) is 3.58. The summed E-state index contributed by atoms with van der Waals surface area (Å²) < 4.78 is 11.4. The van der Waals surface area contributed by atoms with Crippen LogP contribution in [0.15, 0.2) is 34.9 Å². The van der Waals surface area contributed by atoms with E-state index in [4.69, 9.17) is 14.9 Å². The van der Waals surface area contributed by atoms with Gasteiger partial charge in [-0.3, -0.25) is 14.4 Å². The van der Waals surface area contributed by atoms with Gasteiger partial charge in [-0.1, -0.05) is 6.07 Å². The number of methoxy groups -OCH3 is 1. The van der Waals surface area contributed by atoms with Crippen LogP contribution in [0.2, 0.25) is 0 Å². The number of rotatable bonds is 11. The summed E-state index contributed by atoms with van der Waals surface area (Å²) in [6.45, 7) is 1.62. The van der Waals surface area contributed by atoms with Crippen molar-refractivity contribution in [2.24, 2.45) is 11.7 Å². The zero-order valence-corrected chi connectivity index (χ0v) is 22.4. The number of benzene rings is 1. The molecule has 1 saturated heterocycles. The molecule has 210 valence electrons. The summed E-state index contributed by atoms with van der Waals surface area (Å²) in [4.78, 5) is 43.5. The molecule has 2 aliphatic rings. The van der Waals surface area contributed by atoms with E-state index in [0.717, 1.165) is 32.2 Å². The Bertz CT molecular complexity index is 1420. The molecule has 1 aromatic carbocycles. The average Bonchev–Trinajstić information content (AvgIpc) is 3.54. The number of carbonyl (C=O) groups excluding carboxylic acids is 3. The van der Waals surface area contributed by atoms with Crippen LogP contribution in [0, 0.1) is 5.92 Å². The zero-order valence-electron chi connectivity index (χ0n) is 22.4. The minimum Gasteiger partial charge on any atom is -0.494 e. The Hall–Kier alpha value is -4.52. The standard InChI is InChI=1S/C27H32N8O5/c1-35-12-4-5-16(35)10-11-29-26(38)20-14-30-27(40-20)17-6-3-7-18(23(17)39-2)31-19-13-21(32-25(37)15-8-9-15)33-34-22(19)24(28)36/h3,6-7,13-16H,4-5,8-12H2,1-2H3,(H2,28,36)(H,29,38)(H2,31,32,33,37). The molecule has 2 aromatic heterocycles. The normalized spacial score (nSPS) is 16.9. The van der Waals surface area contributed by atoms with Gasteiger partial charge in [0.25, 0.3) is 11.8 Å². The minimum absolute atomic E-state index is 0.0347. The lowest BCUT2D eigenvalue weighted by Gasteiger charge is -2.18. The molecule has 1 atom stereocenters. The Labute approximate surface area is 230 Å². The number of amides is 3. The first kappa shape index (κ1) is 27.1. The van der Waals surface area contributed by atoms with E-state index in [2.05, 4.69) is 43.1 Å². The first-order valence-corrected chi connectivity index (χ1v) is 13.2. The fraction of sp³-hybridized carbons (Fsp3) is 0.407. The quantitative estimate of drug-likeness (QED) is 0.278. The summed E-state index contributed by atoms with van der Waals surface area (Å²) in [5, 5.41) is 16.5. The van der Waals surface area contributed by atoms with Crippen molar-refractivity contribution >= 4 is 34.9 Å². The molecule has 0 radical (unpaired) electrons. The van der Waals surface area contributed by atoms with Gasteiger partial charge in [-0.05, 0) is 57.8 Å². The maximum absolute atomic E-state index is 12.7. The highest BCUT2D eigenvalue weighted by Gasteiger charge is 2.30. The third-order valence-corrected chi connectivity index (χ3v) is 7.11. The predicted octanol–water partition coefficient (Wildman–Crippen LogP) is 2.55. The van der Waals surface area contributed by atoms with Crippen molar-refractivity contribution in [3.8, 4) is 17.2 Å². The molecular weight excluding hydrogens is 516 g/mol. The van der Waals surface area contributed by atoms with Gasteiger partial charge in [0.2, 0.25) is 17.6 Å². The summed E-state index contributed by atoms with van der Waals surface area (Å²) >= 11 is 0. The minimum atomic E-state index is -0.798. The lowest BCUT2D eigenvalue weighted by Crippen LogP contribution is -2.31. The largest absolute Gasteiger partial charge is 0.494 e. The van der Waals surface area contributed by atoms with Gasteiger partial charge in [-0.2, -0.15) is 0 Å². The van der Waals surface area contributed by atoms with Crippen LogP contribution < -0.4 is 26.4 Å². The number of aromatic nitrogens is 3. The van der Waals surface area contributed by atoms with Crippen molar-refractivity contribution in [3.05, 3.63) is 41.9 Å². The van der Waals surface area contributed by atoms with E-state index in [1.54, 1.807) is 18.2 Å². The third-order valence-electron chi connectivity index (χ3n) is 7.11. The Kier molecular flexibility index (Phi) is 7.91. The highest BCUT2D eigenvalue weighted by Crippen LogP contribution is 2.38. The van der Waals surface area contributed by atoms with E-state index in [1.165, 1.54) is 25.8 Å². The van der Waals surface area contributed by atoms with Gasteiger partial charge in [-0.15, -0.1) is 10.2 Å². The number of nitrogens with two attached hydrogens (primary N) is 1. The molecule has 3 aromatic rings. The molecule has 5 rings (SSSR count). The van der Waals surface area contributed by atoms with Crippen LogP contribution >= 0.6 is 0 Å². The topological polar surface area (TPSA) is 178 Å². The van der Waals surface area contributed by atoms with Crippen molar-refractivity contribution in [3.63, 3.8) is 0 Å². The van der Waals surface area contributed by atoms with Crippen molar-refractivity contribution in [1.29, 1.82) is 0 Å². The summed E-state index contributed by atoms with van der Waals surface area (Å²) in [6.07, 6.45) is 6.21. The highest BCUT2D eigenvalue weighted by molar-refractivity contribution is 5.99. The fourth-order valence-electron chi connectivity index (χ4n) is 4.76. The molecule has 2 fully saturated rings. The van der Waals surface area contributed by atoms with Gasteiger partial charge in [0, 0.05) is 24.6 Å². The number of para-hydroxylation sites is 1. The first-order chi connectivity index (χ1) is 19.3. The van der Waals surface area contributed by atoms with Crippen molar-refractivity contribution < 1.29 is 23.5 Å². The smallest absolute Gasteiger partial charge is 0.288 e. The number of likely N-dealkylation sites (tertiary alicyclic amines) is 1. The van der Waals surface area contributed by atoms with Gasteiger partial charge in [-0.25, -0.2) is 4.98 Å². The van der Waals surface area contributed by atoms with Crippen LogP contribution in [-0.4, -0.2) is 71.1 Å². The number of ether oxygens (including phenoxy) is 1. The molecule has 5 N–H and O–H groups in total. The van der Waals surface area contributed by atoms with Crippen LogP contribution in [0.1, 0.15) is 53.1 Å². The van der Waals surface area contributed by atoms with Gasteiger partial charge in [0.05, 0.1) is 30.2 Å². The molecule has 3 amide bonds. The monoisotopic (exact) mass is 548 g/mol. The fourth-order valence-corrected chi connectivity index (χ4v) is 4.76. The van der Waals surface area contributed by atoms with Crippen LogP contribution in [0.5, 0.6) is 5.75 Å². The second kappa shape index (κ2) is 11.7.